The van der Waals surface area contributed by atoms with Crippen LogP contribution in [0.4, 0.5) is 11.8 Å². The Bertz CT molecular complexity index is 735. The Kier molecular flexibility index (Phi) is 3.68. The van der Waals surface area contributed by atoms with E-state index in [4.69, 9.17) is 5.73 Å². The van der Waals surface area contributed by atoms with E-state index in [1.807, 2.05) is 17.7 Å². The molecule has 6 nitrogen and oxygen atoms in total. The second kappa shape index (κ2) is 5.78. The van der Waals surface area contributed by atoms with Gasteiger partial charge in [-0.25, -0.2) is 4.98 Å². The minimum atomic E-state index is 0.408. The van der Waals surface area contributed by atoms with Gasteiger partial charge in [0, 0.05) is 13.6 Å². The summed E-state index contributed by atoms with van der Waals surface area (Å²) in [5.74, 6) is 0.961. The van der Waals surface area contributed by atoms with Crippen molar-refractivity contribution >= 4 is 22.9 Å². The fourth-order valence-electron chi connectivity index (χ4n) is 2.25. The Balaban J connectivity index is 1.62. The van der Waals surface area contributed by atoms with Crippen molar-refractivity contribution in [3.63, 3.8) is 0 Å². The summed E-state index contributed by atoms with van der Waals surface area (Å²) in [7, 11) is 1.89. The van der Waals surface area contributed by atoms with Crippen molar-refractivity contribution < 1.29 is 0 Å². The van der Waals surface area contributed by atoms with Gasteiger partial charge in [0.25, 0.3) is 0 Å². The molecular formula is C15H18N6. The van der Waals surface area contributed by atoms with Crippen molar-refractivity contribution in [2.75, 3.05) is 17.6 Å². The van der Waals surface area contributed by atoms with Crippen molar-refractivity contribution in [2.24, 2.45) is 7.05 Å². The number of benzene rings is 1. The number of fused-ring (bicyclic) bond motifs is 1. The molecule has 0 spiro atoms. The number of nitrogen functional groups attached to an aromatic ring is 1. The van der Waals surface area contributed by atoms with Crippen LogP contribution in [-0.2, 0) is 13.5 Å². The van der Waals surface area contributed by atoms with Crippen LogP contribution in [-0.4, -0.2) is 26.1 Å². The number of nitrogens with zero attached hydrogens (tertiary/aromatic N) is 4. The van der Waals surface area contributed by atoms with E-state index in [0.29, 0.717) is 17.3 Å². The Labute approximate surface area is 123 Å². The van der Waals surface area contributed by atoms with Crippen LogP contribution in [0.25, 0.3) is 11.2 Å². The molecule has 0 unspecified atom stereocenters. The first-order chi connectivity index (χ1) is 10.2. The largest absolute Gasteiger partial charge is 0.382 e. The minimum Gasteiger partial charge on any atom is -0.382 e. The lowest BCUT2D eigenvalue weighted by Crippen LogP contribution is -2.08. The van der Waals surface area contributed by atoms with Crippen LogP contribution in [0.1, 0.15) is 12.0 Å². The van der Waals surface area contributed by atoms with E-state index in [2.05, 4.69) is 44.5 Å². The van der Waals surface area contributed by atoms with Crippen molar-refractivity contribution in [2.45, 2.75) is 12.8 Å². The topological polar surface area (TPSA) is 81.7 Å². The Morgan fingerprint density at radius 3 is 2.81 bits per heavy atom. The summed E-state index contributed by atoms with van der Waals surface area (Å²) in [6, 6.07) is 10.4. The van der Waals surface area contributed by atoms with Gasteiger partial charge in [0.1, 0.15) is 5.52 Å². The molecule has 2 aromatic heterocycles. The molecule has 0 saturated heterocycles. The molecule has 0 amide bonds. The lowest BCUT2D eigenvalue weighted by Gasteiger charge is -2.06. The van der Waals surface area contributed by atoms with Gasteiger partial charge in [-0.15, -0.1) is 0 Å². The van der Waals surface area contributed by atoms with Gasteiger partial charge < -0.3 is 15.6 Å². The molecule has 0 saturated carbocycles. The minimum absolute atomic E-state index is 0.408. The number of rotatable bonds is 5. The number of aromatic nitrogens is 4. The summed E-state index contributed by atoms with van der Waals surface area (Å²) >= 11 is 0. The zero-order chi connectivity index (χ0) is 14.7. The Hall–Kier alpha value is -2.63. The number of imidazole rings is 1. The van der Waals surface area contributed by atoms with Crippen LogP contribution in [0.2, 0.25) is 0 Å². The number of anilines is 2. The van der Waals surface area contributed by atoms with E-state index in [0.717, 1.165) is 25.0 Å². The van der Waals surface area contributed by atoms with Crippen molar-refractivity contribution in [3.05, 3.63) is 42.2 Å². The lowest BCUT2D eigenvalue weighted by molar-refractivity contribution is 0.852. The summed E-state index contributed by atoms with van der Waals surface area (Å²) in [6.07, 6.45) is 3.73. The quantitative estimate of drug-likeness (QED) is 0.699. The smallest absolute Gasteiger partial charge is 0.226 e. The monoisotopic (exact) mass is 282 g/mol. The molecule has 0 fully saturated rings. The number of hydrogen-bond acceptors (Lipinski definition) is 5. The van der Waals surface area contributed by atoms with Gasteiger partial charge in [-0.2, -0.15) is 9.97 Å². The zero-order valence-corrected chi connectivity index (χ0v) is 12.0. The molecule has 6 heteroatoms. The van der Waals surface area contributed by atoms with Crippen molar-refractivity contribution in [1.29, 1.82) is 0 Å². The molecule has 21 heavy (non-hydrogen) atoms. The Morgan fingerprint density at radius 1 is 1.19 bits per heavy atom. The molecule has 0 aliphatic carbocycles. The first kappa shape index (κ1) is 13.4. The summed E-state index contributed by atoms with van der Waals surface area (Å²) in [5.41, 5.74) is 8.62. The normalized spacial score (nSPS) is 10.9. The second-order valence-corrected chi connectivity index (χ2v) is 4.98. The van der Waals surface area contributed by atoms with E-state index in [-0.39, 0.29) is 0 Å². The van der Waals surface area contributed by atoms with Crippen molar-refractivity contribution in [3.8, 4) is 0 Å². The first-order valence-corrected chi connectivity index (χ1v) is 6.96. The van der Waals surface area contributed by atoms with Gasteiger partial charge in [0.05, 0.1) is 6.33 Å². The maximum atomic E-state index is 5.90. The molecular weight excluding hydrogens is 264 g/mol. The molecule has 3 N–H and O–H groups in total. The van der Waals surface area contributed by atoms with Gasteiger partial charge in [-0.1, -0.05) is 30.3 Å². The van der Waals surface area contributed by atoms with Crippen LogP contribution < -0.4 is 11.1 Å². The third-order valence-corrected chi connectivity index (χ3v) is 3.35. The fraction of sp³-hybridized carbons (Fsp3) is 0.267. The van der Waals surface area contributed by atoms with Crippen molar-refractivity contribution in [1.82, 2.24) is 19.5 Å². The van der Waals surface area contributed by atoms with E-state index in [1.54, 1.807) is 6.33 Å². The molecule has 0 radical (unpaired) electrons. The predicted molar refractivity (Wildman–Crippen MR) is 84.0 cm³/mol. The van der Waals surface area contributed by atoms with E-state index in [1.165, 1.54) is 5.56 Å². The highest BCUT2D eigenvalue weighted by atomic mass is 15.2. The third-order valence-electron chi connectivity index (χ3n) is 3.35. The van der Waals surface area contributed by atoms with Gasteiger partial charge in [-0.3, -0.25) is 0 Å². The highest BCUT2D eigenvalue weighted by Gasteiger charge is 2.08. The first-order valence-electron chi connectivity index (χ1n) is 6.96. The van der Waals surface area contributed by atoms with Crippen LogP contribution in [0, 0.1) is 0 Å². The fourth-order valence-corrected chi connectivity index (χ4v) is 2.25. The highest BCUT2D eigenvalue weighted by molar-refractivity contribution is 5.82. The standard InChI is InChI=1S/C15H18N6/c1-21-10-18-12-13(16)19-15(20-14(12)21)17-9-5-8-11-6-3-2-4-7-11/h2-4,6-7,10H,5,8-9H2,1H3,(H3,16,17,19,20). The summed E-state index contributed by atoms with van der Waals surface area (Å²) < 4.78 is 1.84. The van der Waals surface area contributed by atoms with Crippen LogP contribution in [0.3, 0.4) is 0 Å². The molecule has 108 valence electrons. The predicted octanol–water partition coefficient (Wildman–Crippen LogP) is 1.99. The average molecular weight is 282 g/mol. The number of hydrogen-bond donors (Lipinski definition) is 2. The third kappa shape index (κ3) is 2.94. The van der Waals surface area contributed by atoms with Crippen LogP contribution >= 0.6 is 0 Å². The molecule has 2 heterocycles. The van der Waals surface area contributed by atoms with Gasteiger partial charge in [0.15, 0.2) is 11.5 Å². The summed E-state index contributed by atoms with van der Waals surface area (Å²) in [5, 5.41) is 3.22. The second-order valence-electron chi connectivity index (χ2n) is 4.98. The molecule has 0 atom stereocenters. The number of nitrogens with two attached hydrogens (primary N) is 1. The highest BCUT2D eigenvalue weighted by Crippen LogP contribution is 2.17. The van der Waals surface area contributed by atoms with Crippen LogP contribution in [0.15, 0.2) is 36.7 Å². The molecule has 1 aromatic carbocycles. The maximum absolute atomic E-state index is 5.90. The molecule has 3 rings (SSSR count). The van der Waals surface area contributed by atoms with Gasteiger partial charge in [-0.05, 0) is 18.4 Å². The molecule has 0 bridgehead atoms. The summed E-state index contributed by atoms with van der Waals surface area (Å²) in [4.78, 5) is 12.9. The van der Waals surface area contributed by atoms with E-state index in [9.17, 15) is 0 Å². The van der Waals surface area contributed by atoms with Gasteiger partial charge in [0.2, 0.25) is 5.95 Å². The Morgan fingerprint density at radius 2 is 2.00 bits per heavy atom. The number of nitrogens with one attached hydrogen (secondary N) is 1. The zero-order valence-electron chi connectivity index (χ0n) is 12.0. The average Bonchev–Trinajstić information content (AvgIpc) is 2.87. The van der Waals surface area contributed by atoms with Crippen LogP contribution in [0.5, 0.6) is 0 Å². The molecule has 0 aliphatic rings. The molecule has 3 aromatic rings. The van der Waals surface area contributed by atoms with E-state index < -0.39 is 0 Å². The maximum Gasteiger partial charge on any atom is 0.226 e. The SMILES string of the molecule is Cn1cnc2c(N)nc(NCCCc3ccccc3)nc21. The van der Waals surface area contributed by atoms with Gasteiger partial charge >= 0.3 is 0 Å². The molecule has 0 aliphatic heterocycles. The van der Waals surface area contributed by atoms with E-state index >= 15 is 0 Å². The number of aryl methyl sites for hydroxylation is 2. The lowest BCUT2D eigenvalue weighted by atomic mass is 10.1. The summed E-state index contributed by atoms with van der Waals surface area (Å²) in [6.45, 7) is 0.803.